The first kappa shape index (κ1) is 16.1. The molecular weight excluding hydrogens is 356 g/mol. The molecule has 1 aliphatic rings. The van der Waals surface area contributed by atoms with E-state index in [9.17, 15) is 4.79 Å². The number of aromatic nitrogens is 1. The fourth-order valence-corrected chi connectivity index (χ4v) is 4.17. The Bertz CT molecular complexity index is 968. The Morgan fingerprint density at radius 2 is 2.08 bits per heavy atom. The lowest BCUT2D eigenvalue weighted by atomic mass is 9.93. The Kier molecular flexibility index (Phi) is 4.19. The number of anilines is 1. The number of methoxy groups -OCH3 is 1. The van der Waals surface area contributed by atoms with Crippen LogP contribution in [0.15, 0.2) is 42.5 Å². The molecule has 1 amide bonds. The van der Waals surface area contributed by atoms with Gasteiger partial charge in [0.25, 0.3) is 5.91 Å². The Morgan fingerprint density at radius 3 is 2.88 bits per heavy atom. The quantitative estimate of drug-likeness (QED) is 0.718. The second-order valence-corrected chi connectivity index (χ2v) is 7.24. The number of carbonyl (C=O) groups is 1. The van der Waals surface area contributed by atoms with Gasteiger partial charge in [0, 0.05) is 10.4 Å². The summed E-state index contributed by atoms with van der Waals surface area (Å²) in [7, 11) is 1.67. The van der Waals surface area contributed by atoms with Gasteiger partial charge in [-0.15, -0.1) is 11.3 Å². The van der Waals surface area contributed by atoms with Crippen molar-refractivity contribution in [3.63, 3.8) is 0 Å². The highest BCUT2D eigenvalue weighted by Crippen LogP contribution is 2.39. The molecule has 1 N–H and O–H groups in total. The van der Waals surface area contributed by atoms with E-state index in [-0.39, 0.29) is 5.91 Å². The van der Waals surface area contributed by atoms with Gasteiger partial charge in [-0.05, 0) is 48.7 Å². The van der Waals surface area contributed by atoms with Crippen molar-refractivity contribution in [2.24, 2.45) is 0 Å². The Labute approximate surface area is 154 Å². The van der Waals surface area contributed by atoms with Gasteiger partial charge in [0.1, 0.15) is 5.75 Å². The van der Waals surface area contributed by atoms with E-state index in [1.807, 2.05) is 12.1 Å². The molecule has 0 saturated heterocycles. The number of aryl methyl sites for hydroxylation is 2. The number of hydrogen-bond donors (Lipinski definition) is 1. The molecule has 126 valence electrons. The average molecular weight is 371 g/mol. The molecule has 3 aromatic rings. The van der Waals surface area contributed by atoms with Crippen LogP contribution in [-0.2, 0) is 12.8 Å². The molecule has 1 aliphatic carbocycles. The van der Waals surface area contributed by atoms with Crippen LogP contribution in [0.2, 0.25) is 5.02 Å². The second-order valence-electron chi connectivity index (χ2n) is 5.75. The number of ether oxygens (including phenoxy) is 1. The highest BCUT2D eigenvalue weighted by atomic mass is 35.5. The van der Waals surface area contributed by atoms with Crippen LogP contribution in [0.4, 0.5) is 5.13 Å². The van der Waals surface area contributed by atoms with Gasteiger partial charge in [-0.2, -0.15) is 0 Å². The van der Waals surface area contributed by atoms with E-state index in [4.69, 9.17) is 16.3 Å². The minimum Gasteiger partial charge on any atom is -0.497 e. The molecule has 4 nitrogen and oxygen atoms in total. The van der Waals surface area contributed by atoms with Gasteiger partial charge in [-0.3, -0.25) is 10.1 Å². The number of fused-ring (bicyclic) bond motifs is 3. The minimum absolute atomic E-state index is 0.244. The van der Waals surface area contributed by atoms with Gasteiger partial charge >= 0.3 is 0 Å². The molecule has 0 atom stereocenters. The molecule has 0 saturated carbocycles. The molecule has 0 unspecified atom stereocenters. The highest BCUT2D eigenvalue weighted by Gasteiger charge is 2.22. The average Bonchev–Trinajstić information content (AvgIpc) is 3.04. The van der Waals surface area contributed by atoms with Crippen LogP contribution in [0.25, 0.3) is 11.3 Å². The first-order valence-electron chi connectivity index (χ1n) is 7.88. The zero-order valence-corrected chi connectivity index (χ0v) is 15.1. The lowest BCUT2D eigenvalue weighted by molar-refractivity contribution is 0.102. The summed E-state index contributed by atoms with van der Waals surface area (Å²) in [5.41, 5.74) is 3.73. The number of amides is 1. The van der Waals surface area contributed by atoms with Gasteiger partial charge in [-0.25, -0.2) is 4.98 Å². The fraction of sp³-hybridized carbons (Fsp3) is 0.158. The van der Waals surface area contributed by atoms with Crippen molar-refractivity contribution in [3.05, 3.63) is 63.5 Å². The normalized spacial score (nSPS) is 12.2. The first-order chi connectivity index (χ1) is 12.2. The van der Waals surface area contributed by atoms with Crippen LogP contribution in [0.5, 0.6) is 5.75 Å². The van der Waals surface area contributed by atoms with E-state index in [0.717, 1.165) is 29.8 Å². The van der Waals surface area contributed by atoms with Gasteiger partial charge in [0.2, 0.25) is 0 Å². The molecule has 0 radical (unpaired) electrons. The van der Waals surface area contributed by atoms with Gasteiger partial charge in [0.15, 0.2) is 5.13 Å². The molecular formula is C19H15ClN2O2S. The third-order valence-electron chi connectivity index (χ3n) is 4.23. The van der Waals surface area contributed by atoms with E-state index in [0.29, 0.717) is 15.7 Å². The zero-order chi connectivity index (χ0) is 17.4. The van der Waals surface area contributed by atoms with Crippen molar-refractivity contribution < 1.29 is 9.53 Å². The molecule has 1 aromatic heterocycles. The van der Waals surface area contributed by atoms with Crippen molar-refractivity contribution in [3.8, 4) is 17.0 Å². The molecule has 4 rings (SSSR count). The number of halogens is 1. The smallest absolute Gasteiger partial charge is 0.258 e. The number of carbonyl (C=O) groups excluding carboxylic acids is 1. The molecule has 0 aliphatic heterocycles. The van der Waals surface area contributed by atoms with E-state index in [2.05, 4.69) is 16.4 Å². The van der Waals surface area contributed by atoms with Crippen molar-refractivity contribution in [2.75, 3.05) is 12.4 Å². The maximum atomic E-state index is 12.4. The second kappa shape index (κ2) is 6.50. The number of hydrogen-bond acceptors (Lipinski definition) is 4. The van der Waals surface area contributed by atoms with E-state index < -0.39 is 0 Å². The van der Waals surface area contributed by atoms with Gasteiger partial charge < -0.3 is 4.74 Å². The van der Waals surface area contributed by atoms with Gasteiger partial charge in [-0.1, -0.05) is 23.7 Å². The van der Waals surface area contributed by atoms with Crippen LogP contribution in [0.3, 0.4) is 0 Å². The lowest BCUT2D eigenvalue weighted by Crippen LogP contribution is -2.12. The summed E-state index contributed by atoms with van der Waals surface area (Å²) < 4.78 is 5.30. The third kappa shape index (κ3) is 3.01. The number of benzene rings is 2. The molecule has 0 spiro atoms. The molecule has 0 bridgehead atoms. The number of nitrogens with one attached hydrogen (secondary N) is 1. The van der Waals surface area contributed by atoms with Crippen LogP contribution in [0.1, 0.15) is 20.8 Å². The summed E-state index contributed by atoms with van der Waals surface area (Å²) in [4.78, 5) is 18.3. The van der Waals surface area contributed by atoms with E-state index >= 15 is 0 Å². The Morgan fingerprint density at radius 1 is 1.24 bits per heavy atom. The summed E-state index contributed by atoms with van der Waals surface area (Å²) in [6.45, 7) is 0. The zero-order valence-electron chi connectivity index (χ0n) is 13.5. The summed E-state index contributed by atoms with van der Waals surface area (Å²) in [5, 5.41) is 3.89. The first-order valence-corrected chi connectivity index (χ1v) is 9.08. The minimum atomic E-state index is -0.244. The van der Waals surface area contributed by atoms with Crippen molar-refractivity contribution in [1.29, 1.82) is 0 Å². The maximum Gasteiger partial charge on any atom is 0.258 e. The molecule has 1 heterocycles. The predicted octanol–water partition coefficient (Wildman–Crippen LogP) is 4.82. The predicted molar refractivity (Wildman–Crippen MR) is 101 cm³/mol. The number of nitrogens with zero attached hydrogens (tertiary/aromatic N) is 1. The van der Waals surface area contributed by atoms with Crippen molar-refractivity contribution in [2.45, 2.75) is 12.8 Å². The van der Waals surface area contributed by atoms with E-state index in [1.165, 1.54) is 21.8 Å². The van der Waals surface area contributed by atoms with Crippen molar-refractivity contribution >= 4 is 34.0 Å². The summed E-state index contributed by atoms with van der Waals surface area (Å²) in [5.74, 6) is 0.608. The topological polar surface area (TPSA) is 51.2 Å². The van der Waals surface area contributed by atoms with Crippen LogP contribution >= 0.6 is 22.9 Å². The third-order valence-corrected chi connectivity index (χ3v) is 5.59. The van der Waals surface area contributed by atoms with Crippen molar-refractivity contribution in [1.82, 2.24) is 4.98 Å². The standard InChI is InChI=1S/C19H15ClN2O2S/c1-24-12-7-8-13-11(10-12)6-9-16-17(13)21-19(25-16)22-18(23)14-4-2-3-5-15(14)20/h2-5,7-8,10H,6,9H2,1H3,(H,21,22,23). The van der Waals surface area contributed by atoms with Gasteiger partial charge in [0.05, 0.1) is 23.4 Å². The number of thiazole rings is 1. The summed E-state index contributed by atoms with van der Waals surface area (Å²) >= 11 is 7.61. The SMILES string of the molecule is COc1ccc2c(c1)CCc1sc(NC(=O)c3ccccc3Cl)nc1-2. The highest BCUT2D eigenvalue weighted by molar-refractivity contribution is 7.16. The summed E-state index contributed by atoms with van der Waals surface area (Å²) in [6.07, 6.45) is 1.86. The largest absolute Gasteiger partial charge is 0.497 e. The number of rotatable bonds is 3. The van der Waals surface area contributed by atoms with Crippen LogP contribution < -0.4 is 10.1 Å². The van der Waals surface area contributed by atoms with Crippen LogP contribution in [-0.4, -0.2) is 18.0 Å². The fourth-order valence-electron chi connectivity index (χ4n) is 2.98. The molecule has 6 heteroatoms. The van der Waals surface area contributed by atoms with Crippen LogP contribution in [0, 0.1) is 0 Å². The molecule has 25 heavy (non-hydrogen) atoms. The summed E-state index contributed by atoms with van der Waals surface area (Å²) in [6, 6.07) is 13.0. The monoisotopic (exact) mass is 370 g/mol. The lowest BCUT2D eigenvalue weighted by Gasteiger charge is -2.15. The maximum absolute atomic E-state index is 12.4. The molecule has 2 aromatic carbocycles. The molecule has 0 fully saturated rings. The Balaban J connectivity index is 1.63. The van der Waals surface area contributed by atoms with E-state index in [1.54, 1.807) is 31.4 Å². The Hall–Kier alpha value is -2.37.